The Hall–Kier alpha value is -0.520. The Labute approximate surface area is 123 Å². The van der Waals surface area contributed by atoms with E-state index in [1.165, 1.54) is 0 Å². The molecule has 106 valence electrons. The summed E-state index contributed by atoms with van der Waals surface area (Å²) >= 11 is 11.8. The van der Waals surface area contributed by atoms with Crippen molar-refractivity contribution in [1.29, 1.82) is 0 Å². The number of halogens is 2. The third kappa shape index (κ3) is 4.82. The lowest BCUT2D eigenvalue weighted by molar-refractivity contribution is 0.0642. The lowest BCUT2D eigenvalue weighted by atomic mass is 10.3. The highest BCUT2D eigenvalue weighted by molar-refractivity contribution is 6.35. The van der Waals surface area contributed by atoms with Crippen LogP contribution in [0.2, 0.25) is 10.0 Å². The second-order valence-corrected chi connectivity index (χ2v) is 5.43. The third-order valence-electron chi connectivity index (χ3n) is 3.00. The number of nitrogens with one attached hydrogen (secondary N) is 1. The molecule has 1 aromatic rings. The maximum Gasteiger partial charge on any atom is 0.138 e. The van der Waals surface area contributed by atoms with Gasteiger partial charge in [0.05, 0.1) is 5.02 Å². The van der Waals surface area contributed by atoms with E-state index < -0.39 is 6.10 Å². The van der Waals surface area contributed by atoms with Crippen molar-refractivity contribution in [2.24, 2.45) is 0 Å². The van der Waals surface area contributed by atoms with Gasteiger partial charge in [0.15, 0.2) is 0 Å². The fourth-order valence-electron chi connectivity index (χ4n) is 2.02. The standard InChI is InChI=1S/C13H18Cl2N2O2/c14-10-1-2-13(12(15)7-10)19-9-11(18)8-17-5-3-16-4-6-17/h1-2,7,11,16,18H,3-6,8-9H2/t11-/m1/s1. The zero-order valence-electron chi connectivity index (χ0n) is 10.6. The molecule has 0 bridgehead atoms. The van der Waals surface area contributed by atoms with Gasteiger partial charge in [-0.25, -0.2) is 0 Å². The summed E-state index contributed by atoms with van der Waals surface area (Å²) in [5.41, 5.74) is 0. The summed E-state index contributed by atoms with van der Waals surface area (Å²) in [7, 11) is 0. The van der Waals surface area contributed by atoms with Gasteiger partial charge in [0.1, 0.15) is 18.5 Å². The number of aliphatic hydroxyl groups is 1. The molecule has 1 aromatic carbocycles. The second kappa shape index (κ2) is 7.31. The molecule has 0 radical (unpaired) electrons. The normalized spacial score (nSPS) is 18.3. The van der Waals surface area contributed by atoms with Gasteiger partial charge in [-0.05, 0) is 18.2 Å². The molecular weight excluding hydrogens is 287 g/mol. The number of nitrogens with zero attached hydrogens (tertiary/aromatic N) is 1. The number of rotatable bonds is 5. The summed E-state index contributed by atoms with van der Waals surface area (Å²) in [5, 5.41) is 14.3. The van der Waals surface area contributed by atoms with Crippen LogP contribution < -0.4 is 10.1 Å². The smallest absolute Gasteiger partial charge is 0.138 e. The molecule has 2 N–H and O–H groups in total. The van der Waals surface area contributed by atoms with Crippen LogP contribution in [0.25, 0.3) is 0 Å². The van der Waals surface area contributed by atoms with E-state index in [1.807, 2.05) is 0 Å². The molecule has 1 aliphatic heterocycles. The first-order chi connectivity index (χ1) is 9.15. The predicted molar refractivity (Wildman–Crippen MR) is 77.3 cm³/mol. The first kappa shape index (κ1) is 14.9. The van der Waals surface area contributed by atoms with E-state index in [9.17, 15) is 5.11 Å². The monoisotopic (exact) mass is 304 g/mol. The van der Waals surface area contributed by atoms with Gasteiger partial charge < -0.3 is 15.2 Å². The van der Waals surface area contributed by atoms with Crippen LogP contribution in [0.5, 0.6) is 5.75 Å². The van der Waals surface area contributed by atoms with Gasteiger partial charge in [-0.1, -0.05) is 23.2 Å². The summed E-state index contributed by atoms with van der Waals surface area (Å²) in [4.78, 5) is 2.22. The van der Waals surface area contributed by atoms with Gasteiger partial charge in [0.2, 0.25) is 0 Å². The van der Waals surface area contributed by atoms with Gasteiger partial charge in [-0.15, -0.1) is 0 Å². The van der Waals surface area contributed by atoms with Gasteiger partial charge in [-0.2, -0.15) is 0 Å². The minimum absolute atomic E-state index is 0.227. The molecule has 1 fully saturated rings. The van der Waals surface area contributed by atoms with Crippen LogP contribution in [0.1, 0.15) is 0 Å². The second-order valence-electron chi connectivity index (χ2n) is 4.59. The van der Waals surface area contributed by atoms with Gasteiger partial charge in [0.25, 0.3) is 0 Å². The molecule has 6 heteroatoms. The zero-order chi connectivity index (χ0) is 13.7. The Morgan fingerprint density at radius 2 is 2.05 bits per heavy atom. The highest BCUT2D eigenvalue weighted by Crippen LogP contribution is 2.27. The predicted octanol–water partition coefficient (Wildman–Crippen LogP) is 1.64. The van der Waals surface area contributed by atoms with Gasteiger partial charge in [0, 0.05) is 37.7 Å². The van der Waals surface area contributed by atoms with Crippen LogP contribution in [0.3, 0.4) is 0 Å². The maximum atomic E-state index is 9.95. The topological polar surface area (TPSA) is 44.7 Å². The molecule has 1 atom stereocenters. The minimum Gasteiger partial charge on any atom is -0.489 e. The molecule has 0 spiro atoms. The molecular formula is C13H18Cl2N2O2. The van der Waals surface area contributed by atoms with E-state index in [-0.39, 0.29) is 6.61 Å². The molecule has 0 amide bonds. The third-order valence-corrected chi connectivity index (χ3v) is 3.53. The van der Waals surface area contributed by atoms with Crippen molar-refractivity contribution >= 4 is 23.2 Å². The fourth-order valence-corrected chi connectivity index (χ4v) is 2.49. The zero-order valence-corrected chi connectivity index (χ0v) is 12.1. The maximum absolute atomic E-state index is 9.95. The molecule has 4 nitrogen and oxygen atoms in total. The average Bonchev–Trinajstić information content (AvgIpc) is 2.39. The molecule has 1 aliphatic rings. The summed E-state index contributed by atoms with van der Waals surface area (Å²) in [6.07, 6.45) is -0.523. The SMILES string of the molecule is O[C@@H](COc1ccc(Cl)cc1Cl)CN1CCNCC1. The summed E-state index contributed by atoms with van der Waals surface area (Å²) < 4.78 is 5.51. The van der Waals surface area contributed by atoms with Crippen LogP contribution in [0.15, 0.2) is 18.2 Å². The van der Waals surface area contributed by atoms with E-state index in [0.717, 1.165) is 26.2 Å². The van der Waals surface area contributed by atoms with Crippen molar-refractivity contribution in [2.45, 2.75) is 6.10 Å². The molecule has 1 heterocycles. The first-order valence-corrected chi connectivity index (χ1v) is 7.10. The number of hydrogen-bond donors (Lipinski definition) is 2. The van der Waals surface area contributed by atoms with Gasteiger partial charge in [-0.3, -0.25) is 4.90 Å². The number of hydrogen-bond acceptors (Lipinski definition) is 4. The summed E-state index contributed by atoms with van der Waals surface area (Å²) in [6.45, 7) is 4.70. The Kier molecular flexibility index (Phi) is 5.73. The van der Waals surface area contributed by atoms with E-state index in [2.05, 4.69) is 10.2 Å². The Morgan fingerprint density at radius 3 is 2.74 bits per heavy atom. The van der Waals surface area contributed by atoms with Crippen LogP contribution in [0.4, 0.5) is 0 Å². The number of benzene rings is 1. The van der Waals surface area contributed by atoms with Crippen LogP contribution in [-0.4, -0.2) is 55.4 Å². The molecule has 0 unspecified atom stereocenters. The van der Waals surface area contributed by atoms with Crippen LogP contribution >= 0.6 is 23.2 Å². The number of β-amino-alcohol motifs (C(OH)–C–C–N with tert-alkyl or cyclic N) is 1. The fraction of sp³-hybridized carbons (Fsp3) is 0.538. The molecule has 19 heavy (non-hydrogen) atoms. The van der Waals surface area contributed by atoms with Crippen molar-refractivity contribution in [3.8, 4) is 5.75 Å². The Bertz CT molecular complexity index is 412. The van der Waals surface area contributed by atoms with E-state index in [1.54, 1.807) is 18.2 Å². The molecule has 2 rings (SSSR count). The highest BCUT2D eigenvalue weighted by Gasteiger charge is 2.15. The van der Waals surface area contributed by atoms with E-state index in [4.69, 9.17) is 27.9 Å². The lowest BCUT2D eigenvalue weighted by Gasteiger charge is -2.29. The van der Waals surface area contributed by atoms with Crippen molar-refractivity contribution < 1.29 is 9.84 Å². The Balaban J connectivity index is 1.77. The molecule has 0 aliphatic carbocycles. The Morgan fingerprint density at radius 1 is 1.32 bits per heavy atom. The van der Waals surface area contributed by atoms with Gasteiger partial charge >= 0.3 is 0 Å². The van der Waals surface area contributed by atoms with Crippen molar-refractivity contribution in [3.63, 3.8) is 0 Å². The van der Waals surface area contributed by atoms with Crippen LogP contribution in [0, 0.1) is 0 Å². The lowest BCUT2D eigenvalue weighted by Crippen LogP contribution is -2.47. The molecule has 0 saturated carbocycles. The average molecular weight is 305 g/mol. The van der Waals surface area contributed by atoms with Crippen molar-refractivity contribution in [1.82, 2.24) is 10.2 Å². The minimum atomic E-state index is -0.523. The quantitative estimate of drug-likeness (QED) is 0.868. The number of piperazine rings is 1. The number of ether oxygens (including phenoxy) is 1. The largest absolute Gasteiger partial charge is 0.489 e. The highest BCUT2D eigenvalue weighted by atomic mass is 35.5. The number of aliphatic hydroxyl groups excluding tert-OH is 1. The van der Waals surface area contributed by atoms with Crippen molar-refractivity contribution in [2.75, 3.05) is 39.3 Å². The van der Waals surface area contributed by atoms with Crippen molar-refractivity contribution in [3.05, 3.63) is 28.2 Å². The first-order valence-electron chi connectivity index (χ1n) is 6.34. The molecule has 1 saturated heterocycles. The summed E-state index contributed by atoms with van der Waals surface area (Å²) in [5.74, 6) is 0.547. The molecule has 0 aromatic heterocycles. The van der Waals surface area contributed by atoms with E-state index >= 15 is 0 Å². The van der Waals surface area contributed by atoms with E-state index in [0.29, 0.717) is 22.3 Å². The van der Waals surface area contributed by atoms with Crippen LogP contribution in [-0.2, 0) is 0 Å². The summed E-state index contributed by atoms with van der Waals surface area (Å²) in [6, 6.07) is 5.05.